The number of hydrogen-bond donors (Lipinski definition) is 1. The van der Waals surface area contributed by atoms with Gasteiger partial charge in [0.1, 0.15) is 5.75 Å². The fraction of sp³-hybridized carbons (Fsp3) is 0.167. The van der Waals surface area contributed by atoms with Crippen molar-refractivity contribution in [1.82, 2.24) is 0 Å². The van der Waals surface area contributed by atoms with E-state index >= 15 is 0 Å². The molecule has 0 atom stereocenters. The Hall–Kier alpha value is -2.84. The van der Waals surface area contributed by atoms with Crippen molar-refractivity contribution in [2.24, 2.45) is 0 Å². The zero-order valence-electron chi connectivity index (χ0n) is 12.6. The van der Waals surface area contributed by atoms with Gasteiger partial charge in [0.15, 0.2) is 12.4 Å². The van der Waals surface area contributed by atoms with Gasteiger partial charge in [-0.1, -0.05) is 11.6 Å². The summed E-state index contributed by atoms with van der Waals surface area (Å²) in [5, 5.41) is 11.9. The minimum atomic E-state index is -0.185. The van der Waals surface area contributed by atoms with E-state index in [-0.39, 0.29) is 23.3 Å². The number of anilines is 1. The SMILES string of the molecule is N#Cc1ccc(OCC(=O)c2ccc3c(c2)CCC(=O)N3)c(Cl)c1. The van der Waals surface area contributed by atoms with E-state index in [4.69, 9.17) is 21.6 Å². The molecule has 0 radical (unpaired) electrons. The van der Waals surface area contributed by atoms with Crippen molar-refractivity contribution < 1.29 is 14.3 Å². The summed E-state index contributed by atoms with van der Waals surface area (Å²) in [6.07, 6.45) is 1.03. The van der Waals surface area contributed by atoms with Crippen molar-refractivity contribution in [2.45, 2.75) is 12.8 Å². The average Bonchev–Trinajstić information content (AvgIpc) is 2.59. The number of fused-ring (bicyclic) bond motifs is 1. The van der Waals surface area contributed by atoms with Crippen LogP contribution >= 0.6 is 11.6 Å². The Morgan fingerprint density at radius 2 is 2.08 bits per heavy atom. The summed E-state index contributed by atoms with van der Waals surface area (Å²) in [6.45, 7) is -0.156. The molecule has 5 nitrogen and oxygen atoms in total. The molecule has 0 aliphatic carbocycles. The van der Waals surface area contributed by atoms with Gasteiger partial charge in [0.05, 0.1) is 16.7 Å². The third-order valence-corrected chi connectivity index (χ3v) is 4.04. The molecule has 2 aromatic carbocycles. The van der Waals surface area contributed by atoms with Gasteiger partial charge in [-0.15, -0.1) is 0 Å². The zero-order chi connectivity index (χ0) is 17.1. The summed E-state index contributed by atoms with van der Waals surface area (Å²) in [5.41, 5.74) is 2.64. The highest BCUT2D eigenvalue weighted by Gasteiger charge is 2.17. The number of hydrogen-bond acceptors (Lipinski definition) is 4. The summed E-state index contributed by atoms with van der Waals surface area (Å²) in [7, 11) is 0. The molecule has 2 aromatic rings. The lowest BCUT2D eigenvalue weighted by Crippen LogP contribution is -2.20. The number of amides is 1. The topological polar surface area (TPSA) is 79.2 Å². The second-order valence-electron chi connectivity index (χ2n) is 5.39. The molecule has 120 valence electrons. The number of nitrogens with one attached hydrogen (secondary N) is 1. The Morgan fingerprint density at radius 3 is 2.83 bits per heavy atom. The van der Waals surface area contributed by atoms with Gasteiger partial charge in [-0.25, -0.2) is 0 Å². The Bertz CT molecular complexity index is 871. The van der Waals surface area contributed by atoms with E-state index in [0.717, 1.165) is 11.3 Å². The number of Topliss-reactive ketones (excluding diaryl/α,β-unsaturated/α-hetero) is 1. The lowest BCUT2D eigenvalue weighted by Gasteiger charge is -2.17. The maximum absolute atomic E-state index is 12.3. The van der Waals surface area contributed by atoms with Crippen LogP contribution in [0.3, 0.4) is 0 Å². The number of ketones is 1. The fourth-order valence-corrected chi connectivity index (χ4v) is 2.71. The molecule has 24 heavy (non-hydrogen) atoms. The van der Waals surface area contributed by atoms with Gasteiger partial charge >= 0.3 is 0 Å². The highest BCUT2D eigenvalue weighted by Crippen LogP contribution is 2.26. The number of nitrogens with zero attached hydrogens (tertiary/aromatic N) is 1. The maximum atomic E-state index is 12.3. The fourth-order valence-electron chi connectivity index (χ4n) is 2.47. The average molecular weight is 341 g/mol. The van der Waals surface area contributed by atoms with Gasteiger partial charge in [0.25, 0.3) is 0 Å². The van der Waals surface area contributed by atoms with Crippen LogP contribution in [0, 0.1) is 11.3 Å². The van der Waals surface area contributed by atoms with E-state index in [1.165, 1.54) is 6.07 Å². The van der Waals surface area contributed by atoms with Crippen molar-refractivity contribution >= 4 is 29.0 Å². The largest absolute Gasteiger partial charge is 0.484 e. The third-order valence-electron chi connectivity index (χ3n) is 3.74. The summed E-state index contributed by atoms with van der Waals surface area (Å²) in [5.74, 6) is 0.157. The van der Waals surface area contributed by atoms with Crippen molar-refractivity contribution in [1.29, 1.82) is 5.26 Å². The zero-order valence-corrected chi connectivity index (χ0v) is 13.4. The molecule has 1 heterocycles. The first-order valence-corrected chi connectivity index (χ1v) is 7.73. The Balaban J connectivity index is 1.70. The maximum Gasteiger partial charge on any atom is 0.224 e. The smallest absolute Gasteiger partial charge is 0.224 e. The van der Waals surface area contributed by atoms with Crippen LogP contribution in [0.5, 0.6) is 5.75 Å². The molecule has 1 aliphatic rings. The molecular weight excluding hydrogens is 328 g/mol. The quantitative estimate of drug-likeness (QED) is 0.865. The number of aryl methyl sites for hydroxylation is 1. The van der Waals surface area contributed by atoms with Crippen molar-refractivity contribution in [2.75, 3.05) is 11.9 Å². The van der Waals surface area contributed by atoms with Gasteiger partial charge in [-0.2, -0.15) is 5.26 Å². The number of nitriles is 1. The first-order valence-electron chi connectivity index (χ1n) is 7.35. The highest BCUT2D eigenvalue weighted by molar-refractivity contribution is 6.32. The molecule has 0 bridgehead atoms. The van der Waals surface area contributed by atoms with Gasteiger partial charge in [0.2, 0.25) is 5.91 Å². The molecule has 1 amide bonds. The second-order valence-corrected chi connectivity index (χ2v) is 5.80. The minimum absolute atomic E-state index is 0.0135. The van der Waals surface area contributed by atoms with Crippen LogP contribution in [-0.2, 0) is 11.2 Å². The van der Waals surface area contributed by atoms with Crippen LogP contribution in [0.1, 0.15) is 27.9 Å². The van der Waals surface area contributed by atoms with E-state index in [9.17, 15) is 9.59 Å². The molecule has 6 heteroatoms. The molecular formula is C18H13ClN2O3. The highest BCUT2D eigenvalue weighted by atomic mass is 35.5. The van der Waals surface area contributed by atoms with Gasteiger partial charge < -0.3 is 10.1 Å². The number of carbonyl (C=O) groups is 2. The minimum Gasteiger partial charge on any atom is -0.484 e. The van der Waals surface area contributed by atoms with Crippen LogP contribution in [0.15, 0.2) is 36.4 Å². The Morgan fingerprint density at radius 1 is 1.25 bits per heavy atom. The van der Waals surface area contributed by atoms with Crippen LogP contribution < -0.4 is 10.1 Å². The lowest BCUT2D eigenvalue weighted by atomic mass is 9.99. The summed E-state index contributed by atoms with van der Waals surface area (Å²) < 4.78 is 5.45. The molecule has 0 unspecified atom stereocenters. The number of rotatable bonds is 4. The van der Waals surface area contributed by atoms with Crippen LogP contribution in [-0.4, -0.2) is 18.3 Å². The molecule has 3 rings (SSSR count). The van der Waals surface area contributed by atoms with E-state index in [1.54, 1.807) is 30.3 Å². The van der Waals surface area contributed by atoms with E-state index < -0.39 is 0 Å². The monoisotopic (exact) mass is 340 g/mol. The predicted molar refractivity (Wildman–Crippen MR) is 89.4 cm³/mol. The second kappa shape index (κ2) is 6.73. The molecule has 0 saturated carbocycles. The first kappa shape index (κ1) is 16.0. The van der Waals surface area contributed by atoms with Crippen molar-refractivity contribution in [3.63, 3.8) is 0 Å². The van der Waals surface area contributed by atoms with Gasteiger partial charge in [-0.05, 0) is 48.4 Å². The Labute approximate surface area is 143 Å². The lowest BCUT2D eigenvalue weighted by molar-refractivity contribution is -0.116. The van der Waals surface area contributed by atoms with Gasteiger partial charge in [0, 0.05) is 17.7 Å². The number of carbonyl (C=O) groups excluding carboxylic acids is 2. The first-order chi connectivity index (χ1) is 11.6. The molecule has 0 spiro atoms. The molecule has 1 aliphatic heterocycles. The van der Waals surface area contributed by atoms with E-state index in [0.29, 0.717) is 29.7 Å². The third kappa shape index (κ3) is 3.39. The van der Waals surface area contributed by atoms with Gasteiger partial charge in [-0.3, -0.25) is 9.59 Å². The van der Waals surface area contributed by atoms with Crippen LogP contribution in [0.25, 0.3) is 0 Å². The molecule has 0 fully saturated rings. The summed E-state index contributed by atoms with van der Waals surface area (Å²) in [6, 6.07) is 11.8. The summed E-state index contributed by atoms with van der Waals surface area (Å²) in [4.78, 5) is 23.6. The normalized spacial score (nSPS) is 12.8. The molecule has 0 saturated heterocycles. The van der Waals surface area contributed by atoms with Crippen molar-refractivity contribution in [3.8, 4) is 11.8 Å². The van der Waals surface area contributed by atoms with E-state index in [2.05, 4.69) is 5.32 Å². The molecule has 0 aromatic heterocycles. The number of halogens is 1. The molecule has 1 N–H and O–H groups in total. The standard InChI is InChI=1S/C18H13ClN2O3/c19-14-7-11(9-20)1-5-17(14)24-10-16(22)13-2-4-15-12(8-13)3-6-18(23)21-15/h1-2,4-5,7-8H,3,6,10H2,(H,21,23). The predicted octanol–water partition coefficient (Wildman–Crippen LogP) is 3.36. The Kier molecular flexibility index (Phi) is 4.50. The van der Waals surface area contributed by atoms with E-state index in [1.807, 2.05) is 6.07 Å². The van der Waals surface area contributed by atoms with Crippen LogP contribution in [0.4, 0.5) is 5.69 Å². The number of ether oxygens (including phenoxy) is 1. The summed E-state index contributed by atoms with van der Waals surface area (Å²) >= 11 is 6.02. The van der Waals surface area contributed by atoms with Crippen molar-refractivity contribution in [3.05, 3.63) is 58.1 Å². The number of benzene rings is 2. The van der Waals surface area contributed by atoms with Crippen LogP contribution in [0.2, 0.25) is 5.02 Å².